The van der Waals surface area contributed by atoms with Gasteiger partial charge in [0.15, 0.2) is 5.17 Å². The summed E-state index contributed by atoms with van der Waals surface area (Å²) in [5, 5.41) is 4.62. The minimum absolute atomic E-state index is 0.281. The third-order valence-electron chi connectivity index (χ3n) is 2.27. The molecule has 1 fully saturated rings. The van der Waals surface area contributed by atoms with Gasteiger partial charge < -0.3 is 5.32 Å². The maximum Gasteiger partial charge on any atom is 0.157 e. The number of aliphatic imine (C=N–C) groups is 1. The van der Waals surface area contributed by atoms with Crippen LogP contribution in [0.4, 0.5) is 0 Å². The van der Waals surface area contributed by atoms with E-state index >= 15 is 0 Å². The van der Waals surface area contributed by atoms with E-state index in [9.17, 15) is 0 Å². The van der Waals surface area contributed by atoms with Gasteiger partial charge in [0.25, 0.3) is 0 Å². The highest BCUT2D eigenvalue weighted by atomic mass is 32.2. The third kappa shape index (κ3) is 3.43. The Hall–Kier alpha value is 0.170. The van der Waals surface area contributed by atoms with Crippen molar-refractivity contribution < 1.29 is 0 Å². The van der Waals surface area contributed by atoms with Crippen molar-refractivity contribution in [3.8, 4) is 0 Å². The number of hydrogen-bond donors (Lipinski definition) is 1. The van der Waals surface area contributed by atoms with Crippen LogP contribution in [0.15, 0.2) is 4.99 Å². The number of thioether (sulfide) groups is 2. The molecule has 0 bridgehead atoms. The van der Waals surface area contributed by atoms with Gasteiger partial charge in [0, 0.05) is 17.0 Å². The Kier molecular flexibility index (Phi) is 4.46. The average molecular weight is 218 g/mol. The van der Waals surface area contributed by atoms with Crippen molar-refractivity contribution in [3.05, 3.63) is 0 Å². The van der Waals surface area contributed by atoms with E-state index in [0.29, 0.717) is 0 Å². The van der Waals surface area contributed by atoms with Crippen molar-refractivity contribution in [2.24, 2.45) is 4.99 Å². The van der Waals surface area contributed by atoms with E-state index in [0.717, 1.165) is 23.2 Å². The Morgan fingerprint density at radius 1 is 1.69 bits per heavy atom. The topological polar surface area (TPSA) is 24.4 Å². The summed E-state index contributed by atoms with van der Waals surface area (Å²) in [5.41, 5.74) is 0.281. The van der Waals surface area contributed by atoms with E-state index in [2.05, 4.69) is 30.4 Å². The Labute approximate surface area is 89.3 Å². The quantitative estimate of drug-likeness (QED) is 0.732. The fraction of sp³-hybridized carbons (Fsp3) is 0.889. The fourth-order valence-corrected chi connectivity index (χ4v) is 2.58. The molecule has 0 saturated carbocycles. The van der Waals surface area contributed by atoms with Crippen molar-refractivity contribution >= 4 is 28.7 Å². The zero-order chi connectivity index (χ0) is 9.73. The van der Waals surface area contributed by atoms with Crippen molar-refractivity contribution in [1.29, 1.82) is 0 Å². The Morgan fingerprint density at radius 3 is 3.00 bits per heavy atom. The Morgan fingerprint density at radius 2 is 2.46 bits per heavy atom. The molecule has 0 radical (unpaired) electrons. The predicted octanol–water partition coefficient (Wildman–Crippen LogP) is 2.21. The molecule has 76 valence electrons. The summed E-state index contributed by atoms with van der Waals surface area (Å²) in [5.74, 6) is 2.27. The first-order valence-electron chi connectivity index (χ1n) is 4.64. The van der Waals surface area contributed by atoms with Crippen molar-refractivity contribution in [2.45, 2.75) is 25.8 Å². The first kappa shape index (κ1) is 11.2. The molecule has 1 aliphatic heterocycles. The maximum atomic E-state index is 4.50. The smallest absolute Gasteiger partial charge is 0.157 e. The van der Waals surface area contributed by atoms with E-state index < -0.39 is 0 Å². The van der Waals surface area contributed by atoms with Crippen LogP contribution >= 0.6 is 23.5 Å². The van der Waals surface area contributed by atoms with E-state index in [-0.39, 0.29) is 5.54 Å². The van der Waals surface area contributed by atoms with Crippen LogP contribution in [0, 0.1) is 0 Å². The molecule has 1 atom stereocenters. The summed E-state index contributed by atoms with van der Waals surface area (Å²) < 4.78 is 0. The number of amidine groups is 1. The molecule has 0 aromatic rings. The number of nitrogens with zero attached hydrogens (tertiary/aromatic N) is 1. The van der Waals surface area contributed by atoms with Gasteiger partial charge in [-0.1, -0.05) is 18.7 Å². The highest BCUT2D eigenvalue weighted by Crippen LogP contribution is 2.25. The van der Waals surface area contributed by atoms with Gasteiger partial charge in [0.1, 0.15) is 0 Å². The van der Waals surface area contributed by atoms with E-state index in [1.165, 1.54) is 6.42 Å². The molecule has 2 nitrogen and oxygen atoms in total. The molecule has 1 saturated heterocycles. The molecule has 0 aromatic heterocycles. The Bertz CT molecular complexity index is 194. The molecule has 13 heavy (non-hydrogen) atoms. The largest absolute Gasteiger partial charge is 0.359 e. The number of rotatable bonds is 4. The van der Waals surface area contributed by atoms with Gasteiger partial charge in [-0.05, 0) is 19.6 Å². The summed E-state index contributed by atoms with van der Waals surface area (Å²) in [6.45, 7) is 5.42. The fourth-order valence-electron chi connectivity index (χ4n) is 1.07. The van der Waals surface area contributed by atoms with Crippen LogP contribution in [0.5, 0.6) is 0 Å². The molecule has 0 spiro atoms. The molecule has 1 unspecified atom stereocenters. The molecule has 1 rings (SSSR count). The molecule has 0 aromatic carbocycles. The van der Waals surface area contributed by atoms with Crippen LogP contribution in [0.25, 0.3) is 0 Å². The number of hydrogen-bond acceptors (Lipinski definition) is 3. The molecule has 1 N–H and O–H groups in total. The Balaban J connectivity index is 2.35. The summed E-state index contributed by atoms with van der Waals surface area (Å²) in [4.78, 5) is 4.50. The van der Waals surface area contributed by atoms with Crippen LogP contribution in [0.1, 0.15) is 20.3 Å². The standard InChI is InChI=1S/C9H18N2S2/c1-4-9(2)7-13-8(11-9)10-5-6-12-3/h4-7H2,1-3H3,(H,10,11). The van der Waals surface area contributed by atoms with Gasteiger partial charge in [0.05, 0.1) is 6.54 Å². The second kappa shape index (κ2) is 5.15. The summed E-state index contributed by atoms with van der Waals surface area (Å²) in [6, 6.07) is 0. The van der Waals surface area contributed by atoms with Gasteiger partial charge in [-0.2, -0.15) is 11.8 Å². The second-order valence-electron chi connectivity index (χ2n) is 3.51. The molecular formula is C9H18N2S2. The van der Waals surface area contributed by atoms with Crippen LogP contribution in [-0.2, 0) is 0 Å². The van der Waals surface area contributed by atoms with Gasteiger partial charge in [0.2, 0.25) is 0 Å². The summed E-state index contributed by atoms with van der Waals surface area (Å²) in [7, 11) is 0. The molecule has 1 heterocycles. The van der Waals surface area contributed by atoms with E-state index in [1.54, 1.807) is 0 Å². The van der Waals surface area contributed by atoms with Crippen molar-refractivity contribution in [1.82, 2.24) is 5.32 Å². The second-order valence-corrected chi connectivity index (χ2v) is 5.46. The van der Waals surface area contributed by atoms with Crippen LogP contribution in [0.2, 0.25) is 0 Å². The lowest BCUT2D eigenvalue weighted by Gasteiger charge is -2.20. The molecular weight excluding hydrogens is 200 g/mol. The lowest BCUT2D eigenvalue weighted by molar-refractivity contribution is 0.466. The lowest BCUT2D eigenvalue weighted by atomic mass is 10.0. The van der Waals surface area contributed by atoms with Crippen molar-refractivity contribution in [2.75, 3.05) is 24.3 Å². The van der Waals surface area contributed by atoms with Gasteiger partial charge in [-0.25, -0.2) is 0 Å². The van der Waals surface area contributed by atoms with E-state index in [4.69, 9.17) is 0 Å². The first-order valence-corrected chi connectivity index (χ1v) is 7.02. The van der Waals surface area contributed by atoms with E-state index in [1.807, 2.05) is 23.5 Å². The minimum atomic E-state index is 0.281. The monoisotopic (exact) mass is 218 g/mol. The van der Waals surface area contributed by atoms with Crippen LogP contribution in [0.3, 0.4) is 0 Å². The summed E-state index contributed by atoms with van der Waals surface area (Å²) >= 11 is 3.70. The zero-order valence-electron chi connectivity index (χ0n) is 8.59. The normalized spacial score (nSPS) is 30.8. The highest BCUT2D eigenvalue weighted by Gasteiger charge is 2.30. The zero-order valence-corrected chi connectivity index (χ0v) is 10.2. The third-order valence-corrected chi connectivity index (χ3v) is 4.14. The van der Waals surface area contributed by atoms with Crippen molar-refractivity contribution in [3.63, 3.8) is 0 Å². The van der Waals surface area contributed by atoms with Gasteiger partial charge in [-0.3, -0.25) is 4.99 Å². The molecule has 0 amide bonds. The highest BCUT2D eigenvalue weighted by molar-refractivity contribution is 8.14. The maximum absolute atomic E-state index is 4.50. The van der Waals surface area contributed by atoms with Gasteiger partial charge >= 0.3 is 0 Å². The predicted molar refractivity (Wildman–Crippen MR) is 65.0 cm³/mol. The molecule has 4 heteroatoms. The first-order chi connectivity index (χ1) is 6.20. The van der Waals surface area contributed by atoms with Gasteiger partial charge in [-0.15, -0.1) is 0 Å². The number of nitrogens with one attached hydrogen (secondary N) is 1. The minimum Gasteiger partial charge on any atom is -0.359 e. The SMILES string of the molecule is CCC1(C)CSC(=NCCSC)N1. The molecule has 0 aliphatic carbocycles. The van der Waals surface area contributed by atoms with Crippen LogP contribution < -0.4 is 5.32 Å². The lowest BCUT2D eigenvalue weighted by Crippen LogP contribution is -2.39. The average Bonchev–Trinajstić information content (AvgIpc) is 2.50. The van der Waals surface area contributed by atoms with Crippen LogP contribution in [-0.4, -0.2) is 35.0 Å². The summed E-state index contributed by atoms with van der Waals surface area (Å²) in [6.07, 6.45) is 3.28. The molecule has 1 aliphatic rings.